The minimum atomic E-state index is 0.302. The largest absolute Gasteiger partial charge is 0.475 e. The lowest BCUT2D eigenvalue weighted by atomic mass is 10.0. The zero-order valence-corrected chi connectivity index (χ0v) is 9.09. The molecule has 86 valence electrons. The number of rotatable bonds is 2. The maximum Gasteiger partial charge on any atom is 0.229 e. The molecule has 1 aromatic heterocycles. The predicted octanol–water partition coefficient (Wildman–Crippen LogP) is 1.70. The van der Waals surface area contributed by atoms with Crippen LogP contribution in [0.5, 0.6) is 0 Å². The molecular formula is C12H11N3O2. The Kier molecular flexibility index (Phi) is 2.29. The van der Waals surface area contributed by atoms with Gasteiger partial charge in [-0.25, -0.2) is 4.99 Å². The molecule has 0 bridgehead atoms. The van der Waals surface area contributed by atoms with Crippen LogP contribution in [0.15, 0.2) is 40.0 Å². The Bertz CT molecular complexity index is 575. The Balaban J connectivity index is 2.14. The predicted molar refractivity (Wildman–Crippen MR) is 63.7 cm³/mol. The Labute approximate surface area is 97.9 Å². The van der Waals surface area contributed by atoms with E-state index in [0.29, 0.717) is 24.9 Å². The van der Waals surface area contributed by atoms with Gasteiger partial charge in [0.15, 0.2) is 0 Å². The van der Waals surface area contributed by atoms with Gasteiger partial charge in [0.05, 0.1) is 18.3 Å². The zero-order chi connectivity index (χ0) is 11.7. The highest BCUT2D eigenvalue weighted by molar-refractivity contribution is 6.02. The number of benzene rings is 1. The molecule has 5 nitrogen and oxygen atoms in total. The molecule has 0 unspecified atom stereocenters. The lowest BCUT2D eigenvalue weighted by Crippen LogP contribution is -2.03. The first-order valence-corrected chi connectivity index (χ1v) is 5.33. The molecule has 0 fully saturated rings. The monoisotopic (exact) mass is 229 g/mol. The van der Waals surface area contributed by atoms with Crippen LogP contribution in [0.1, 0.15) is 5.56 Å². The van der Waals surface area contributed by atoms with E-state index in [1.54, 1.807) is 6.20 Å². The standard InChI is InChI=1S/C12H11N3O2/c13-11-10(7-15-17-11)8-3-1-2-4-9(8)12-14-5-6-16-12/h1-4,7H,5-6,13H2. The quantitative estimate of drug-likeness (QED) is 0.850. The van der Waals surface area contributed by atoms with Crippen molar-refractivity contribution in [2.45, 2.75) is 0 Å². The highest BCUT2D eigenvalue weighted by Crippen LogP contribution is 2.29. The normalized spacial score (nSPS) is 14.5. The molecule has 0 spiro atoms. The van der Waals surface area contributed by atoms with Crippen molar-refractivity contribution in [1.82, 2.24) is 5.16 Å². The zero-order valence-electron chi connectivity index (χ0n) is 9.09. The van der Waals surface area contributed by atoms with E-state index in [2.05, 4.69) is 10.1 Å². The van der Waals surface area contributed by atoms with Gasteiger partial charge in [-0.15, -0.1) is 0 Å². The summed E-state index contributed by atoms with van der Waals surface area (Å²) in [5.74, 6) is 0.956. The van der Waals surface area contributed by atoms with Crippen molar-refractivity contribution in [2.75, 3.05) is 18.9 Å². The van der Waals surface area contributed by atoms with Gasteiger partial charge in [0.2, 0.25) is 11.8 Å². The SMILES string of the molecule is Nc1oncc1-c1ccccc1C1=NCCO1. The first kappa shape index (κ1) is 9.89. The van der Waals surface area contributed by atoms with Gasteiger partial charge in [0, 0.05) is 11.1 Å². The second-order valence-electron chi connectivity index (χ2n) is 3.68. The number of ether oxygens (including phenoxy) is 1. The molecule has 17 heavy (non-hydrogen) atoms. The van der Waals surface area contributed by atoms with Crippen LogP contribution in [0.2, 0.25) is 0 Å². The third-order valence-corrected chi connectivity index (χ3v) is 2.63. The topological polar surface area (TPSA) is 73.6 Å². The summed E-state index contributed by atoms with van der Waals surface area (Å²) in [6.07, 6.45) is 1.60. The van der Waals surface area contributed by atoms with Gasteiger partial charge >= 0.3 is 0 Å². The molecule has 1 aliphatic rings. The molecule has 1 aromatic carbocycles. The average molecular weight is 229 g/mol. The van der Waals surface area contributed by atoms with E-state index < -0.39 is 0 Å². The summed E-state index contributed by atoms with van der Waals surface area (Å²) < 4.78 is 10.4. The Hall–Kier alpha value is -2.30. The molecule has 5 heteroatoms. The summed E-state index contributed by atoms with van der Waals surface area (Å²) in [6, 6.07) is 7.77. The van der Waals surface area contributed by atoms with E-state index in [1.165, 1.54) is 0 Å². The summed E-state index contributed by atoms with van der Waals surface area (Å²) in [7, 11) is 0. The maximum absolute atomic E-state index is 5.73. The number of nitrogens with two attached hydrogens (primary N) is 1. The number of aromatic nitrogens is 1. The molecule has 1 aliphatic heterocycles. The molecule has 0 saturated carbocycles. The van der Waals surface area contributed by atoms with E-state index in [1.807, 2.05) is 24.3 Å². The van der Waals surface area contributed by atoms with E-state index in [4.69, 9.17) is 15.0 Å². The molecule has 2 heterocycles. The summed E-state index contributed by atoms with van der Waals surface area (Å²) >= 11 is 0. The second-order valence-corrected chi connectivity index (χ2v) is 3.68. The molecule has 0 atom stereocenters. The molecular weight excluding hydrogens is 218 g/mol. The Morgan fingerprint density at radius 2 is 1.94 bits per heavy atom. The highest BCUT2D eigenvalue weighted by Gasteiger charge is 2.17. The maximum atomic E-state index is 5.73. The Morgan fingerprint density at radius 3 is 2.59 bits per heavy atom. The van der Waals surface area contributed by atoms with Crippen LogP contribution in [0.4, 0.5) is 5.88 Å². The summed E-state index contributed by atoms with van der Waals surface area (Å²) in [4.78, 5) is 4.31. The minimum Gasteiger partial charge on any atom is -0.475 e. The summed E-state index contributed by atoms with van der Waals surface area (Å²) in [6.45, 7) is 1.32. The van der Waals surface area contributed by atoms with Crippen molar-refractivity contribution < 1.29 is 9.26 Å². The molecule has 3 rings (SSSR count). The van der Waals surface area contributed by atoms with Crippen LogP contribution in [0.3, 0.4) is 0 Å². The second kappa shape index (κ2) is 3.93. The third-order valence-electron chi connectivity index (χ3n) is 2.63. The minimum absolute atomic E-state index is 0.302. The van der Waals surface area contributed by atoms with Crippen molar-refractivity contribution in [3.05, 3.63) is 36.0 Å². The third kappa shape index (κ3) is 1.65. The van der Waals surface area contributed by atoms with Crippen molar-refractivity contribution in [3.8, 4) is 11.1 Å². The molecule has 2 N–H and O–H groups in total. The fraction of sp³-hybridized carbons (Fsp3) is 0.167. The average Bonchev–Trinajstić information content (AvgIpc) is 3.00. The summed E-state index contributed by atoms with van der Waals surface area (Å²) in [5.41, 5.74) is 8.33. The van der Waals surface area contributed by atoms with Gasteiger partial charge in [-0.1, -0.05) is 23.4 Å². The lowest BCUT2D eigenvalue weighted by molar-refractivity contribution is 0.348. The number of hydrogen-bond donors (Lipinski definition) is 1. The van der Waals surface area contributed by atoms with E-state index >= 15 is 0 Å². The summed E-state index contributed by atoms with van der Waals surface area (Å²) in [5, 5.41) is 3.69. The molecule has 0 radical (unpaired) electrons. The van der Waals surface area contributed by atoms with Gasteiger partial charge < -0.3 is 15.0 Å². The molecule has 0 amide bonds. The highest BCUT2D eigenvalue weighted by atomic mass is 16.5. The van der Waals surface area contributed by atoms with Crippen molar-refractivity contribution in [2.24, 2.45) is 4.99 Å². The number of nitrogen functional groups attached to an aromatic ring is 1. The van der Waals surface area contributed by atoms with E-state index in [0.717, 1.165) is 16.7 Å². The van der Waals surface area contributed by atoms with Crippen LogP contribution in [0.25, 0.3) is 11.1 Å². The smallest absolute Gasteiger partial charge is 0.229 e. The number of hydrogen-bond acceptors (Lipinski definition) is 5. The van der Waals surface area contributed by atoms with Crippen molar-refractivity contribution in [3.63, 3.8) is 0 Å². The fourth-order valence-electron chi connectivity index (χ4n) is 1.85. The fourth-order valence-corrected chi connectivity index (χ4v) is 1.85. The van der Waals surface area contributed by atoms with Gasteiger partial charge in [-0.05, 0) is 6.07 Å². The molecule has 0 saturated heterocycles. The van der Waals surface area contributed by atoms with Crippen LogP contribution in [-0.2, 0) is 4.74 Å². The number of anilines is 1. The first-order valence-electron chi connectivity index (χ1n) is 5.33. The number of aliphatic imine (C=N–C) groups is 1. The van der Waals surface area contributed by atoms with Gasteiger partial charge in [-0.2, -0.15) is 0 Å². The van der Waals surface area contributed by atoms with Gasteiger partial charge in [0.25, 0.3) is 0 Å². The lowest BCUT2D eigenvalue weighted by Gasteiger charge is -2.07. The molecule has 0 aliphatic carbocycles. The van der Waals surface area contributed by atoms with Crippen LogP contribution >= 0.6 is 0 Å². The van der Waals surface area contributed by atoms with Crippen LogP contribution < -0.4 is 5.73 Å². The first-order chi connectivity index (χ1) is 8.36. The van der Waals surface area contributed by atoms with Crippen LogP contribution in [-0.4, -0.2) is 24.2 Å². The van der Waals surface area contributed by atoms with E-state index in [9.17, 15) is 0 Å². The van der Waals surface area contributed by atoms with Gasteiger partial charge in [-0.3, -0.25) is 0 Å². The molecule has 2 aromatic rings. The van der Waals surface area contributed by atoms with Gasteiger partial charge in [0.1, 0.15) is 6.61 Å². The number of nitrogens with zero attached hydrogens (tertiary/aromatic N) is 2. The van der Waals surface area contributed by atoms with E-state index in [-0.39, 0.29) is 0 Å². The van der Waals surface area contributed by atoms with Crippen LogP contribution in [0, 0.1) is 0 Å². The Morgan fingerprint density at radius 1 is 1.12 bits per heavy atom. The van der Waals surface area contributed by atoms with Crippen molar-refractivity contribution >= 4 is 11.8 Å². The van der Waals surface area contributed by atoms with Crippen molar-refractivity contribution in [1.29, 1.82) is 0 Å².